The molecule has 1 fully saturated rings. The molecule has 0 saturated heterocycles. The van der Waals surface area contributed by atoms with Gasteiger partial charge >= 0.3 is 0 Å². The van der Waals surface area contributed by atoms with Crippen LogP contribution in [0.15, 0.2) is 36.0 Å². The minimum Gasteiger partial charge on any atom is -0.396 e. The van der Waals surface area contributed by atoms with Crippen molar-refractivity contribution in [3.05, 3.63) is 36.0 Å². The van der Waals surface area contributed by atoms with E-state index in [-0.39, 0.29) is 0 Å². The van der Waals surface area contributed by atoms with Crippen molar-refractivity contribution in [1.82, 2.24) is 0 Å². The molecular formula is C14H18O. The summed E-state index contributed by atoms with van der Waals surface area (Å²) >= 11 is 0. The second-order valence-electron chi connectivity index (χ2n) is 4.97. The van der Waals surface area contributed by atoms with E-state index in [9.17, 15) is 5.11 Å². The van der Waals surface area contributed by atoms with Crippen LogP contribution in [0.25, 0.3) is 0 Å². The van der Waals surface area contributed by atoms with E-state index in [1.54, 1.807) is 0 Å². The molecule has 80 valence electrons. The molecule has 3 aliphatic carbocycles. The Morgan fingerprint density at radius 2 is 2.27 bits per heavy atom. The summed E-state index contributed by atoms with van der Waals surface area (Å²) in [7, 11) is 0. The average Bonchev–Trinajstić information content (AvgIpc) is 2.63. The lowest BCUT2D eigenvalue weighted by molar-refractivity contribution is 0.193. The Morgan fingerprint density at radius 1 is 1.33 bits per heavy atom. The van der Waals surface area contributed by atoms with E-state index in [2.05, 4.69) is 30.4 Å². The van der Waals surface area contributed by atoms with E-state index in [1.165, 1.54) is 24.8 Å². The fourth-order valence-corrected chi connectivity index (χ4v) is 3.71. The van der Waals surface area contributed by atoms with Crippen molar-refractivity contribution in [2.45, 2.75) is 19.3 Å². The molecule has 0 bridgehead atoms. The highest BCUT2D eigenvalue weighted by Gasteiger charge is 2.45. The van der Waals surface area contributed by atoms with Crippen LogP contribution in [0.4, 0.5) is 0 Å². The molecule has 0 amide bonds. The lowest BCUT2D eigenvalue weighted by atomic mass is 9.79. The van der Waals surface area contributed by atoms with Crippen LogP contribution in [0.1, 0.15) is 19.3 Å². The van der Waals surface area contributed by atoms with Crippen LogP contribution in [0.2, 0.25) is 0 Å². The van der Waals surface area contributed by atoms with Gasteiger partial charge in [0.25, 0.3) is 0 Å². The number of hydrogen-bond donors (Lipinski definition) is 1. The van der Waals surface area contributed by atoms with E-state index < -0.39 is 0 Å². The predicted molar refractivity (Wildman–Crippen MR) is 61.3 cm³/mol. The van der Waals surface area contributed by atoms with Crippen molar-refractivity contribution in [1.29, 1.82) is 0 Å². The monoisotopic (exact) mass is 202 g/mol. The number of aliphatic hydroxyl groups excluding tert-OH is 1. The first kappa shape index (κ1) is 9.41. The van der Waals surface area contributed by atoms with Gasteiger partial charge in [0.05, 0.1) is 0 Å². The molecule has 1 nitrogen and oxygen atoms in total. The highest BCUT2D eigenvalue weighted by Crippen LogP contribution is 2.52. The van der Waals surface area contributed by atoms with Crippen LogP contribution in [0.5, 0.6) is 0 Å². The highest BCUT2D eigenvalue weighted by atomic mass is 16.3. The predicted octanol–water partition coefficient (Wildman–Crippen LogP) is 2.69. The first-order chi connectivity index (χ1) is 7.42. The number of hydrogen-bond acceptors (Lipinski definition) is 1. The molecule has 4 atom stereocenters. The van der Waals surface area contributed by atoms with Gasteiger partial charge in [-0.3, -0.25) is 0 Å². The van der Waals surface area contributed by atoms with Crippen molar-refractivity contribution in [2.75, 3.05) is 6.61 Å². The number of fused-ring (bicyclic) bond motifs is 3. The zero-order valence-electron chi connectivity index (χ0n) is 8.97. The van der Waals surface area contributed by atoms with Crippen molar-refractivity contribution < 1.29 is 5.11 Å². The molecule has 1 saturated carbocycles. The molecule has 1 N–H and O–H groups in total. The third-order valence-electron chi connectivity index (χ3n) is 4.37. The van der Waals surface area contributed by atoms with E-state index in [0.29, 0.717) is 30.3 Å². The Kier molecular flexibility index (Phi) is 2.28. The summed E-state index contributed by atoms with van der Waals surface area (Å²) in [5, 5.41) is 9.55. The molecule has 1 heteroatoms. The van der Waals surface area contributed by atoms with Gasteiger partial charge in [0.15, 0.2) is 0 Å². The van der Waals surface area contributed by atoms with E-state index in [4.69, 9.17) is 0 Å². The smallest absolute Gasteiger partial charge is 0.0499 e. The van der Waals surface area contributed by atoms with Gasteiger partial charge in [0.1, 0.15) is 0 Å². The highest BCUT2D eigenvalue weighted by molar-refractivity contribution is 5.31. The Hall–Kier alpha value is -0.820. The summed E-state index contributed by atoms with van der Waals surface area (Å²) < 4.78 is 0. The minimum atomic E-state index is 0.338. The molecule has 0 aromatic carbocycles. The number of rotatable bonds is 1. The molecule has 3 aliphatic rings. The number of allylic oxidation sites excluding steroid dienone is 5. The molecule has 3 rings (SSSR count). The Labute approximate surface area is 91.2 Å². The maximum Gasteiger partial charge on any atom is 0.0499 e. The zero-order chi connectivity index (χ0) is 10.3. The van der Waals surface area contributed by atoms with Crippen molar-refractivity contribution in [2.24, 2.45) is 23.7 Å². The van der Waals surface area contributed by atoms with Gasteiger partial charge in [-0.05, 0) is 37.0 Å². The van der Waals surface area contributed by atoms with Gasteiger partial charge in [-0.2, -0.15) is 0 Å². The Morgan fingerprint density at radius 3 is 3.13 bits per heavy atom. The number of aliphatic hydroxyl groups is 1. The summed E-state index contributed by atoms with van der Waals surface area (Å²) in [5.74, 6) is 2.53. The Bertz CT molecular complexity index is 337. The second kappa shape index (κ2) is 3.64. The molecule has 0 radical (unpaired) electrons. The van der Waals surface area contributed by atoms with Gasteiger partial charge < -0.3 is 5.11 Å². The second-order valence-corrected chi connectivity index (χ2v) is 4.97. The maximum absolute atomic E-state index is 9.55. The summed E-state index contributed by atoms with van der Waals surface area (Å²) in [6.07, 6.45) is 15.1. The molecular weight excluding hydrogens is 184 g/mol. The van der Waals surface area contributed by atoms with Crippen molar-refractivity contribution in [3.63, 3.8) is 0 Å². The van der Waals surface area contributed by atoms with Crippen molar-refractivity contribution in [3.8, 4) is 0 Å². The third kappa shape index (κ3) is 1.33. The quantitative estimate of drug-likeness (QED) is 0.648. The zero-order valence-corrected chi connectivity index (χ0v) is 8.97. The van der Waals surface area contributed by atoms with Gasteiger partial charge in [0.2, 0.25) is 0 Å². The normalized spacial score (nSPS) is 42.3. The SMILES string of the molecule is OCC1C2=CC=CCC2C2C=CCCC12. The fourth-order valence-electron chi connectivity index (χ4n) is 3.71. The van der Waals surface area contributed by atoms with Crippen LogP contribution in [0.3, 0.4) is 0 Å². The first-order valence-corrected chi connectivity index (χ1v) is 6.06. The van der Waals surface area contributed by atoms with E-state index in [1.807, 2.05) is 0 Å². The van der Waals surface area contributed by atoms with Gasteiger partial charge in [-0.1, -0.05) is 36.0 Å². The molecule has 15 heavy (non-hydrogen) atoms. The summed E-state index contributed by atoms with van der Waals surface area (Å²) in [5.41, 5.74) is 1.52. The molecule has 0 spiro atoms. The molecule has 4 unspecified atom stereocenters. The van der Waals surface area contributed by atoms with Crippen LogP contribution >= 0.6 is 0 Å². The first-order valence-electron chi connectivity index (χ1n) is 6.06. The van der Waals surface area contributed by atoms with Crippen molar-refractivity contribution >= 4 is 0 Å². The molecule has 0 aliphatic heterocycles. The minimum absolute atomic E-state index is 0.338. The topological polar surface area (TPSA) is 20.2 Å². The van der Waals surface area contributed by atoms with Crippen LogP contribution in [0, 0.1) is 23.7 Å². The van der Waals surface area contributed by atoms with E-state index >= 15 is 0 Å². The van der Waals surface area contributed by atoms with E-state index in [0.717, 1.165) is 0 Å². The summed E-state index contributed by atoms with van der Waals surface area (Å²) in [4.78, 5) is 0. The lowest BCUT2D eigenvalue weighted by Crippen LogP contribution is -2.20. The molecule has 0 heterocycles. The molecule has 0 aromatic rings. The summed E-state index contributed by atoms with van der Waals surface area (Å²) in [6.45, 7) is 0.338. The lowest BCUT2D eigenvalue weighted by Gasteiger charge is -2.25. The third-order valence-corrected chi connectivity index (χ3v) is 4.37. The average molecular weight is 202 g/mol. The largest absolute Gasteiger partial charge is 0.396 e. The standard InChI is InChI=1S/C14H18O/c15-9-14-12-7-3-1-5-10(12)11-6-2-4-8-13(11)14/h1-3,6-7,10-11,13-15H,4-5,8-9H2. The van der Waals surface area contributed by atoms with Crippen LogP contribution in [-0.2, 0) is 0 Å². The van der Waals surface area contributed by atoms with Gasteiger partial charge in [0, 0.05) is 12.5 Å². The molecule has 0 aromatic heterocycles. The van der Waals surface area contributed by atoms with Crippen LogP contribution in [-0.4, -0.2) is 11.7 Å². The van der Waals surface area contributed by atoms with Gasteiger partial charge in [-0.25, -0.2) is 0 Å². The van der Waals surface area contributed by atoms with Crippen LogP contribution < -0.4 is 0 Å². The fraction of sp³-hybridized carbons (Fsp3) is 0.571. The maximum atomic E-state index is 9.55. The summed E-state index contributed by atoms with van der Waals surface area (Å²) in [6, 6.07) is 0. The van der Waals surface area contributed by atoms with Gasteiger partial charge in [-0.15, -0.1) is 0 Å². The Balaban J connectivity index is 1.98.